The topological polar surface area (TPSA) is 80.3 Å². The minimum atomic E-state index is -0.449. The van der Waals surface area contributed by atoms with E-state index in [4.69, 9.17) is 23.7 Å². The number of rotatable bonds is 17. The lowest BCUT2D eigenvalue weighted by Gasteiger charge is -2.27. The van der Waals surface area contributed by atoms with Gasteiger partial charge in [0.05, 0.1) is 6.61 Å². The first-order valence-electron chi connectivity index (χ1n) is 13.0. The fraction of sp³-hybridized carbons (Fsp3) is 0.438. The van der Waals surface area contributed by atoms with Gasteiger partial charge in [0.2, 0.25) is 0 Å². The fourth-order valence-corrected chi connectivity index (χ4v) is 3.74. The summed E-state index contributed by atoms with van der Waals surface area (Å²) in [7, 11) is 3.13. The molecule has 0 fully saturated rings. The van der Waals surface area contributed by atoms with Gasteiger partial charge in [0.1, 0.15) is 25.1 Å². The second kappa shape index (κ2) is 15.4. The van der Waals surface area contributed by atoms with E-state index in [1.54, 1.807) is 28.1 Å². The highest BCUT2D eigenvalue weighted by molar-refractivity contribution is 5.94. The fourth-order valence-electron chi connectivity index (χ4n) is 3.74. The monoisotopic (exact) mass is 538 g/mol. The third-order valence-corrected chi connectivity index (χ3v) is 6.55. The Kier molecular flexibility index (Phi) is 12.6. The average Bonchev–Trinajstić information content (AvgIpc) is 2.93. The molecule has 0 amide bonds. The Labute approximate surface area is 232 Å². The highest BCUT2D eigenvalue weighted by Gasteiger charge is 2.23. The van der Waals surface area contributed by atoms with Gasteiger partial charge in [-0.05, 0) is 48.2 Å². The molecule has 2 aromatic rings. The van der Waals surface area contributed by atoms with Crippen LogP contribution in [0, 0.1) is 0 Å². The SMILES string of the molecule is C=C(C)C(=O)CCC(OC)OCc1ccc(C(C)(C)c2ccc(OCC(COC(=O)C(=C)C)OC)cc2)cc1. The van der Waals surface area contributed by atoms with Crippen LogP contribution >= 0.6 is 0 Å². The summed E-state index contributed by atoms with van der Waals surface area (Å²) in [4.78, 5) is 23.4. The molecular formula is C32H42O7. The highest BCUT2D eigenvalue weighted by Crippen LogP contribution is 2.32. The summed E-state index contributed by atoms with van der Waals surface area (Å²) in [5, 5.41) is 0. The largest absolute Gasteiger partial charge is 0.491 e. The number of ketones is 1. The first-order chi connectivity index (χ1) is 18.5. The van der Waals surface area contributed by atoms with Crippen LogP contribution in [0.25, 0.3) is 0 Å². The van der Waals surface area contributed by atoms with E-state index in [0.717, 1.165) is 16.7 Å². The van der Waals surface area contributed by atoms with Crippen molar-refractivity contribution in [2.45, 2.75) is 65.0 Å². The molecule has 0 aliphatic rings. The van der Waals surface area contributed by atoms with E-state index in [1.807, 2.05) is 36.4 Å². The van der Waals surface area contributed by atoms with Crippen molar-refractivity contribution in [1.29, 1.82) is 0 Å². The zero-order valence-corrected chi connectivity index (χ0v) is 24.1. The van der Waals surface area contributed by atoms with Crippen LogP contribution in [-0.2, 0) is 40.6 Å². The maximum absolute atomic E-state index is 11.8. The lowest BCUT2D eigenvalue weighted by atomic mass is 9.78. The number of benzene rings is 2. The average molecular weight is 539 g/mol. The van der Waals surface area contributed by atoms with Crippen LogP contribution in [0.2, 0.25) is 0 Å². The molecule has 2 aromatic carbocycles. The maximum Gasteiger partial charge on any atom is 0.333 e. The smallest absolute Gasteiger partial charge is 0.333 e. The third kappa shape index (κ3) is 10.1. The van der Waals surface area contributed by atoms with Crippen LogP contribution in [0.1, 0.15) is 57.2 Å². The molecule has 39 heavy (non-hydrogen) atoms. The summed E-state index contributed by atoms with van der Waals surface area (Å²) < 4.78 is 27.6. The summed E-state index contributed by atoms with van der Waals surface area (Å²) in [6.45, 7) is 15.6. The van der Waals surface area contributed by atoms with Crippen molar-refractivity contribution in [1.82, 2.24) is 0 Å². The van der Waals surface area contributed by atoms with Gasteiger partial charge >= 0.3 is 5.97 Å². The number of carbonyl (C=O) groups is 2. The molecular weight excluding hydrogens is 496 g/mol. The van der Waals surface area contributed by atoms with E-state index in [0.29, 0.717) is 36.3 Å². The molecule has 0 radical (unpaired) electrons. The van der Waals surface area contributed by atoms with E-state index >= 15 is 0 Å². The zero-order chi connectivity index (χ0) is 29.0. The molecule has 212 valence electrons. The molecule has 0 heterocycles. The number of Topliss-reactive ketones (excluding diaryl/α,β-unsaturated/α-hetero) is 1. The van der Waals surface area contributed by atoms with E-state index in [-0.39, 0.29) is 30.5 Å². The molecule has 0 bridgehead atoms. The summed E-state index contributed by atoms with van der Waals surface area (Å²) in [5.41, 5.74) is 3.97. The van der Waals surface area contributed by atoms with Crippen LogP contribution < -0.4 is 4.74 Å². The van der Waals surface area contributed by atoms with Gasteiger partial charge in [-0.2, -0.15) is 0 Å². The van der Waals surface area contributed by atoms with Gasteiger partial charge in [0, 0.05) is 38.0 Å². The van der Waals surface area contributed by atoms with Crippen molar-refractivity contribution in [3.05, 3.63) is 89.5 Å². The quantitative estimate of drug-likeness (QED) is 0.140. The standard InChI is InChI=1S/C32H42O7/c1-22(2)29(33)17-18-30(36-8)38-19-24-9-11-25(12-10-24)32(5,6)26-13-15-27(16-14-26)37-20-28(35-7)21-39-31(34)23(3)4/h9-16,28,30H,1,3,17-21H2,2,4-8H3. The second-order valence-electron chi connectivity index (χ2n) is 10.1. The first-order valence-corrected chi connectivity index (χ1v) is 13.0. The minimum Gasteiger partial charge on any atom is -0.491 e. The molecule has 0 aromatic heterocycles. The van der Waals surface area contributed by atoms with Crippen LogP contribution in [0.4, 0.5) is 0 Å². The number of ether oxygens (including phenoxy) is 5. The van der Waals surface area contributed by atoms with Crippen molar-refractivity contribution in [3.63, 3.8) is 0 Å². The summed E-state index contributed by atoms with van der Waals surface area (Å²) in [6.07, 6.45) is 0.00476. The van der Waals surface area contributed by atoms with Gasteiger partial charge in [-0.25, -0.2) is 4.79 Å². The van der Waals surface area contributed by atoms with Gasteiger partial charge in [-0.1, -0.05) is 63.4 Å². The Balaban J connectivity index is 1.93. The number of esters is 1. The van der Waals surface area contributed by atoms with Gasteiger partial charge in [-0.3, -0.25) is 4.79 Å². The summed E-state index contributed by atoms with van der Waals surface area (Å²) >= 11 is 0. The molecule has 0 saturated carbocycles. The highest BCUT2D eigenvalue weighted by atomic mass is 16.7. The first kappa shape index (κ1) is 32.0. The summed E-state index contributed by atoms with van der Waals surface area (Å²) in [5.74, 6) is 0.274. The molecule has 2 unspecified atom stereocenters. The normalized spacial score (nSPS) is 12.9. The van der Waals surface area contributed by atoms with E-state index in [1.165, 1.54) is 0 Å². The van der Waals surface area contributed by atoms with E-state index < -0.39 is 12.3 Å². The molecule has 0 aliphatic heterocycles. The molecule has 7 nitrogen and oxygen atoms in total. The Morgan fingerprint density at radius 2 is 1.44 bits per heavy atom. The number of carbonyl (C=O) groups excluding carboxylic acids is 2. The molecule has 0 saturated heterocycles. The van der Waals surface area contributed by atoms with Gasteiger partial charge in [-0.15, -0.1) is 0 Å². The molecule has 2 atom stereocenters. The maximum atomic E-state index is 11.8. The lowest BCUT2D eigenvalue weighted by molar-refractivity contribution is -0.143. The molecule has 0 N–H and O–H groups in total. The Hall–Kier alpha value is -3.26. The molecule has 0 aliphatic carbocycles. The van der Waals surface area contributed by atoms with Crippen molar-refractivity contribution in [3.8, 4) is 5.75 Å². The lowest BCUT2D eigenvalue weighted by Crippen LogP contribution is -2.27. The predicted molar refractivity (Wildman–Crippen MR) is 152 cm³/mol. The predicted octanol–water partition coefficient (Wildman–Crippen LogP) is 5.94. The van der Waals surface area contributed by atoms with Gasteiger partial charge in [0.15, 0.2) is 12.1 Å². The van der Waals surface area contributed by atoms with Crippen molar-refractivity contribution in [2.24, 2.45) is 0 Å². The molecule has 7 heteroatoms. The Bertz CT molecular complexity index is 1010. The van der Waals surface area contributed by atoms with E-state index in [2.05, 4.69) is 39.1 Å². The number of hydrogen-bond donors (Lipinski definition) is 0. The molecule has 2 rings (SSSR count). The number of methoxy groups -OCH3 is 2. The summed E-state index contributed by atoms with van der Waals surface area (Å²) in [6, 6.07) is 16.2. The van der Waals surface area contributed by atoms with Crippen molar-refractivity contribution in [2.75, 3.05) is 27.4 Å². The second-order valence-corrected chi connectivity index (χ2v) is 10.1. The zero-order valence-electron chi connectivity index (χ0n) is 24.1. The minimum absolute atomic E-state index is 0.0209. The number of hydrogen-bond acceptors (Lipinski definition) is 7. The third-order valence-electron chi connectivity index (χ3n) is 6.55. The van der Waals surface area contributed by atoms with Crippen molar-refractivity contribution < 1.29 is 33.3 Å². The van der Waals surface area contributed by atoms with Crippen LogP contribution in [0.15, 0.2) is 72.8 Å². The Morgan fingerprint density at radius 3 is 1.95 bits per heavy atom. The van der Waals surface area contributed by atoms with Crippen molar-refractivity contribution >= 4 is 11.8 Å². The van der Waals surface area contributed by atoms with E-state index in [9.17, 15) is 9.59 Å². The Morgan fingerprint density at radius 1 is 0.846 bits per heavy atom. The van der Waals surface area contributed by atoms with Gasteiger partial charge < -0.3 is 23.7 Å². The van der Waals surface area contributed by atoms with Crippen LogP contribution in [-0.4, -0.2) is 51.6 Å². The van der Waals surface area contributed by atoms with Gasteiger partial charge in [0.25, 0.3) is 0 Å². The number of allylic oxidation sites excluding steroid dienone is 1. The van der Waals surface area contributed by atoms with Crippen LogP contribution in [0.5, 0.6) is 5.75 Å². The van der Waals surface area contributed by atoms with Crippen LogP contribution in [0.3, 0.4) is 0 Å². The molecule has 0 spiro atoms.